The summed E-state index contributed by atoms with van der Waals surface area (Å²) in [4.78, 5) is 24.0. The van der Waals surface area contributed by atoms with E-state index in [4.69, 9.17) is 4.98 Å². The van der Waals surface area contributed by atoms with E-state index in [0.29, 0.717) is 5.91 Å². The van der Waals surface area contributed by atoms with Gasteiger partial charge in [-0.25, -0.2) is 9.97 Å². The van der Waals surface area contributed by atoms with E-state index in [1.165, 1.54) is 6.42 Å². The van der Waals surface area contributed by atoms with Crippen LogP contribution in [0.3, 0.4) is 0 Å². The van der Waals surface area contributed by atoms with E-state index in [2.05, 4.69) is 22.9 Å². The van der Waals surface area contributed by atoms with Gasteiger partial charge in [0.2, 0.25) is 5.91 Å². The minimum atomic E-state index is 0.131. The first kappa shape index (κ1) is 15.4. The number of rotatable bonds is 4. The first-order valence-electron chi connectivity index (χ1n) is 9.08. The summed E-state index contributed by atoms with van der Waals surface area (Å²) in [5, 5.41) is 0. The second-order valence-corrected chi connectivity index (χ2v) is 6.81. The summed E-state index contributed by atoms with van der Waals surface area (Å²) in [6, 6.07) is 6.24. The van der Waals surface area contributed by atoms with Crippen molar-refractivity contribution in [3.8, 4) is 5.82 Å². The van der Waals surface area contributed by atoms with E-state index in [0.717, 1.165) is 56.0 Å². The molecule has 5 nitrogen and oxygen atoms in total. The fraction of sp³-hybridized carbons (Fsp3) is 0.526. The van der Waals surface area contributed by atoms with Crippen molar-refractivity contribution in [2.24, 2.45) is 5.92 Å². The van der Waals surface area contributed by atoms with E-state index < -0.39 is 0 Å². The highest BCUT2D eigenvalue weighted by molar-refractivity contribution is 5.80. The summed E-state index contributed by atoms with van der Waals surface area (Å²) in [7, 11) is 0. The quantitative estimate of drug-likeness (QED) is 0.867. The molecule has 1 unspecified atom stereocenters. The largest absolute Gasteiger partial charge is 0.334 e. The third kappa shape index (κ3) is 2.62. The maximum atomic E-state index is 12.7. The maximum Gasteiger partial charge on any atom is 0.226 e. The van der Waals surface area contributed by atoms with Gasteiger partial charge in [-0.3, -0.25) is 9.36 Å². The van der Waals surface area contributed by atoms with Crippen molar-refractivity contribution in [3.63, 3.8) is 0 Å². The van der Waals surface area contributed by atoms with Crippen LogP contribution in [0.4, 0.5) is 0 Å². The molecule has 1 amide bonds. The molecule has 3 heterocycles. The van der Waals surface area contributed by atoms with E-state index in [-0.39, 0.29) is 12.0 Å². The first-order valence-corrected chi connectivity index (χ1v) is 9.08. The lowest BCUT2D eigenvalue weighted by molar-refractivity contribution is -0.139. The minimum absolute atomic E-state index is 0.131. The number of imidazole rings is 1. The van der Waals surface area contributed by atoms with Crippen LogP contribution in [-0.2, 0) is 11.2 Å². The van der Waals surface area contributed by atoms with Crippen molar-refractivity contribution in [1.29, 1.82) is 0 Å². The number of hydrogen-bond acceptors (Lipinski definition) is 3. The molecule has 5 heteroatoms. The Kier molecular flexibility index (Phi) is 4.08. The zero-order valence-electron chi connectivity index (χ0n) is 14.2. The average molecular weight is 324 g/mol. The fourth-order valence-corrected chi connectivity index (χ4v) is 3.79. The van der Waals surface area contributed by atoms with E-state index in [1.54, 1.807) is 0 Å². The topological polar surface area (TPSA) is 51.0 Å². The van der Waals surface area contributed by atoms with Crippen molar-refractivity contribution >= 4 is 5.91 Å². The molecular formula is C19H24N4O. The summed E-state index contributed by atoms with van der Waals surface area (Å²) in [5.41, 5.74) is 1.01. The van der Waals surface area contributed by atoms with E-state index in [1.807, 2.05) is 29.1 Å². The summed E-state index contributed by atoms with van der Waals surface area (Å²) in [6.07, 6.45) is 10.0. The zero-order valence-corrected chi connectivity index (χ0v) is 14.2. The highest BCUT2D eigenvalue weighted by Gasteiger charge is 2.36. The summed E-state index contributed by atoms with van der Waals surface area (Å²) in [6.45, 7) is 2.97. The number of pyridine rings is 1. The second kappa shape index (κ2) is 6.38. The Morgan fingerprint density at radius 2 is 2.12 bits per heavy atom. The zero-order chi connectivity index (χ0) is 16.5. The predicted octanol–water partition coefficient (Wildman–Crippen LogP) is 3.29. The van der Waals surface area contributed by atoms with Gasteiger partial charge in [0.1, 0.15) is 11.6 Å². The molecule has 1 aliphatic carbocycles. The number of aryl methyl sites for hydroxylation is 1. The van der Waals surface area contributed by atoms with Crippen molar-refractivity contribution in [1.82, 2.24) is 19.4 Å². The third-order valence-electron chi connectivity index (χ3n) is 5.37. The summed E-state index contributed by atoms with van der Waals surface area (Å²) in [5.74, 6) is 2.50. The van der Waals surface area contributed by atoms with Crippen LogP contribution in [0.1, 0.15) is 56.6 Å². The Morgan fingerprint density at radius 3 is 2.88 bits per heavy atom. The van der Waals surface area contributed by atoms with Crippen LogP contribution in [0.2, 0.25) is 0 Å². The van der Waals surface area contributed by atoms with Crippen LogP contribution < -0.4 is 0 Å². The monoisotopic (exact) mass is 324 g/mol. The Balaban J connectivity index is 1.61. The van der Waals surface area contributed by atoms with Crippen LogP contribution in [0.5, 0.6) is 0 Å². The van der Waals surface area contributed by atoms with Crippen LogP contribution in [0.15, 0.2) is 30.6 Å². The fourth-order valence-electron chi connectivity index (χ4n) is 3.79. The molecule has 0 aromatic carbocycles. The normalized spacial score (nSPS) is 21.0. The van der Waals surface area contributed by atoms with Gasteiger partial charge in [0.05, 0.1) is 11.7 Å². The lowest BCUT2D eigenvalue weighted by Gasteiger charge is -2.32. The number of nitrogens with zero attached hydrogens (tertiary/aromatic N) is 4. The smallest absolute Gasteiger partial charge is 0.226 e. The van der Waals surface area contributed by atoms with Gasteiger partial charge in [0.25, 0.3) is 0 Å². The van der Waals surface area contributed by atoms with Gasteiger partial charge in [0.15, 0.2) is 0 Å². The van der Waals surface area contributed by atoms with Crippen LogP contribution >= 0.6 is 0 Å². The molecule has 0 N–H and O–H groups in total. The molecular weight excluding hydrogens is 300 g/mol. The van der Waals surface area contributed by atoms with Gasteiger partial charge < -0.3 is 4.90 Å². The molecule has 1 atom stereocenters. The van der Waals surface area contributed by atoms with Gasteiger partial charge in [-0.15, -0.1) is 0 Å². The van der Waals surface area contributed by atoms with E-state index in [9.17, 15) is 4.79 Å². The van der Waals surface area contributed by atoms with Gasteiger partial charge in [-0.2, -0.15) is 0 Å². The summed E-state index contributed by atoms with van der Waals surface area (Å²) < 4.78 is 2.04. The lowest BCUT2D eigenvalue weighted by Crippen LogP contribution is -2.38. The molecule has 2 aliphatic rings. The van der Waals surface area contributed by atoms with Gasteiger partial charge in [-0.05, 0) is 37.8 Å². The van der Waals surface area contributed by atoms with Gasteiger partial charge in [-0.1, -0.05) is 19.4 Å². The third-order valence-corrected chi connectivity index (χ3v) is 5.37. The maximum absolute atomic E-state index is 12.7. The molecule has 24 heavy (non-hydrogen) atoms. The Labute approximate surface area is 142 Å². The van der Waals surface area contributed by atoms with Crippen LogP contribution in [0.25, 0.3) is 5.82 Å². The van der Waals surface area contributed by atoms with Crippen molar-refractivity contribution < 1.29 is 4.79 Å². The average Bonchev–Trinajstić information content (AvgIpc) is 3.22. The highest BCUT2D eigenvalue weighted by atomic mass is 16.2. The first-order chi connectivity index (χ1) is 11.8. The van der Waals surface area contributed by atoms with Crippen molar-refractivity contribution in [2.45, 2.75) is 51.5 Å². The molecule has 4 rings (SSSR count). The number of aromatic nitrogens is 3. The standard InChI is InChI=1S/C19H24N4O/c1-2-17-20-11-13-23(17)18-10-4-8-15(21-18)16-9-5-12-22(16)19(24)14-6-3-7-14/h4,8,10-11,13-14,16H,2-3,5-7,9,12H2,1H3. The molecule has 0 bridgehead atoms. The number of hydrogen-bond donors (Lipinski definition) is 0. The SMILES string of the molecule is CCc1nccn1-c1cccc(C2CCCN2C(=O)C2CCC2)n1. The Morgan fingerprint density at radius 1 is 1.25 bits per heavy atom. The van der Waals surface area contributed by atoms with Crippen LogP contribution in [-0.4, -0.2) is 31.9 Å². The molecule has 0 spiro atoms. The number of likely N-dealkylation sites (tertiary alicyclic amines) is 1. The molecule has 1 saturated heterocycles. The van der Waals surface area contributed by atoms with Crippen LogP contribution in [0, 0.1) is 5.92 Å². The van der Waals surface area contributed by atoms with Crippen molar-refractivity contribution in [2.75, 3.05) is 6.54 Å². The number of carbonyl (C=O) groups is 1. The highest BCUT2D eigenvalue weighted by Crippen LogP contribution is 2.36. The number of carbonyl (C=O) groups excluding carboxylic acids is 1. The lowest BCUT2D eigenvalue weighted by atomic mass is 9.84. The second-order valence-electron chi connectivity index (χ2n) is 6.81. The Bertz CT molecular complexity index is 734. The van der Waals surface area contributed by atoms with E-state index >= 15 is 0 Å². The van der Waals surface area contributed by atoms with Gasteiger partial charge >= 0.3 is 0 Å². The molecule has 1 aliphatic heterocycles. The predicted molar refractivity (Wildman–Crippen MR) is 91.8 cm³/mol. The molecule has 126 valence electrons. The van der Waals surface area contributed by atoms with Crippen molar-refractivity contribution in [3.05, 3.63) is 42.1 Å². The minimum Gasteiger partial charge on any atom is -0.334 e. The molecule has 0 radical (unpaired) electrons. The molecule has 2 aromatic heterocycles. The molecule has 2 fully saturated rings. The summed E-state index contributed by atoms with van der Waals surface area (Å²) >= 11 is 0. The molecule has 1 saturated carbocycles. The molecule has 2 aromatic rings. The number of amides is 1. The van der Waals surface area contributed by atoms with Gasteiger partial charge in [0, 0.05) is 31.3 Å². The Hall–Kier alpha value is -2.17.